The average molecular weight is 395 g/mol. The molecule has 5 nitrogen and oxygen atoms in total. The zero-order valence-electron chi connectivity index (χ0n) is 15.4. The summed E-state index contributed by atoms with van der Waals surface area (Å²) in [7, 11) is 0. The van der Waals surface area contributed by atoms with Crippen molar-refractivity contribution >= 4 is 23.5 Å². The lowest BCUT2D eigenvalue weighted by atomic mass is 9.72. The second-order valence-corrected chi connectivity index (χ2v) is 10.3. The molecule has 0 radical (unpaired) electrons. The van der Waals surface area contributed by atoms with Gasteiger partial charge in [0.25, 0.3) is 0 Å². The minimum Gasteiger partial charge on any atom is -0.478 e. The van der Waals surface area contributed by atoms with Crippen molar-refractivity contribution in [1.29, 1.82) is 0 Å². The molecule has 0 bridgehead atoms. The van der Waals surface area contributed by atoms with E-state index in [9.17, 15) is 14.7 Å². The number of hydrogen-bond acceptors (Lipinski definition) is 5. The van der Waals surface area contributed by atoms with Crippen molar-refractivity contribution in [3.8, 4) is 0 Å². The van der Waals surface area contributed by atoms with Gasteiger partial charge < -0.3 is 15.3 Å². The van der Waals surface area contributed by atoms with E-state index >= 15 is 4.39 Å². The average Bonchev–Trinajstić information content (AvgIpc) is 3.47. The molecule has 7 atom stereocenters. The fraction of sp³-hybridized carbons (Fsp3) is 0.800. The summed E-state index contributed by atoms with van der Waals surface area (Å²) in [4.78, 5) is 26.7. The summed E-state index contributed by atoms with van der Waals surface area (Å²) in [5.41, 5.74) is -0.150. The van der Waals surface area contributed by atoms with Gasteiger partial charge in [0.1, 0.15) is 11.7 Å². The van der Waals surface area contributed by atoms with Gasteiger partial charge in [-0.25, -0.2) is 9.18 Å². The number of carboxylic acids is 1. The molecular weight excluding hydrogens is 367 g/mol. The first-order valence-electron chi connectivity index (χ1n) is 10.3. The van der Waals surface area contributed by atoms with Crippen molar-refractivity contribution in [2.24, 2.45) is 11.8 Å². The molecule has 0 aromatic carbocycles. The van der Waals surface area contributed by atoms with Gasteiger partial charge in [0.2, 0.25) is 0 Å². The first kappa shape index (κ1) is 18.0. The van der Waals surface area contributed by atoms with Crippen molar-refractivity contribution in [1.82, 2.24) is 10.2 Å². The molecule has 3 saturated carbocycles. The summed E-state index contributed by atoms with van der Waals surface area (Å²) < 4.78 is 15.2. The Morgan fingerprint density at radius 3 is 2.81 bits per heavy atom. The molecule has 3 aliphatic carbocycles. The fourth-order valence-electron chi connectivity index (χ4n) is 5.60. The zero-order chi connectivity index (χ0) is 18.7. The van der Waals surface area contributed by atoms with Gasteiger partial charge in [-0.15, -0.1) is 11.8 Å². The van der Waals surface area contributed by atoms with E-state index in [2.05, 4.69) is 10.2 Å². The van der Waals surface area contributed by atoms with E-state index < -0.39 is 18.1 Å². The van der Waals surface area contributed by atoms with Gasteiger partial charge >= 0.3 is 5.97 Å². The summed E-state index contributed by atoms with van der Waals surface area (Å²) in [6.07, 6.45) is 7.54. The third kappa shape index (κ3) is 3.01. The first-order valence-corrected chi connectivity index (χ1v) is 11.3. The molecule has 7 heteroatoms. The van der Waals surface area contributed by atoms with Crippen LogP contribution in [-0.2, 0) is 9.59 Å². The van der Waals surface area contributed by atoms with Crippen LogP contribution in [0.5, 0.6) is 0 Å². The SMILES string of the molecule is O=C(O)C1=CN2C3CCCCC3SC3C(NCC4CC4)C(F)CC(C1=O)C32. The van der Waals surface area contributed by atoms with Gasteiger partial charge in [-0.1, -0.05) is 12.8 Å². The monoisotopic (exact) mass is 394 g/mol. The number of nitrogens with one attached hydrogen (secondary N) is 1. The number of carbonyl (C=O) groups is 2. The van der Waals surface area contributed by atoms with Gasteiger partial charge in [-0.2, -0.15) is 0 Å². The van der Waals surface area contributed by atoms with Crippen LogP contribution >= 0.6 is 11.8 Å². The Morgan fingerprint density at radius 2 is 2.07 bits per heavy atom. The maximum atomic E-state index is 15.2. The molecule has 4 fully saturated rings. The molecule has 5 rings (SSSR count). The topological polar surface area (TPSA) is 69.6 Å². The predicted octanol–water partition coefficient (Wildman–Crippen LogP) is 2.36. The van der Waals surface area contributed by atoms with Gasteiger partial charge in [-0.3, -0.25) is 4.79 Å². The molecule has 27 heavy (non-hydrogen) atoms. The molecule has 2 aliphatic heterocycles. The van der Waals surface area contributed by atoms with Crippen molar-refractivity contribution in [3.05, 3.63) is 11.8 Å². The highest BCUT2D eigenvalue weighted by molar-refractivity contribution is 8.00. The number of fused-ring (bicyclic) bond motifs is 2. The molecule has 2 N–H and O–H groups in total. The number of ketones is 1. The molecule has 0 aromatic rings. The number of thioether (sulfide) groups is 1. The molecule has 5 aliphatic rings. The summed E-state index contributed by atoms with van der Waals surface area (Å²) in [5, 5.41) is 13.4. The smallest absolute Gasteiger partial charge is 0.340 e. The lowest BCUT2D eigenvalue weighted by molar-refractivity contribution is -0.138. The Morgan fingerprint density at radius 1 is 1.30 bits per heavy atom. The number of nitrogens with zero attached hydrogens (tertiary/aromatic N) is 1. The Hall–Kier alpha value is -1.08. The standard InChI is InChI=1S/C20H27FN2O3S/c21-13-7-11-17-19(16(13)22-8-10-5-6-10)27-15-4-2-1-3-14(15)23(17)9-12(18(11)24)20(25)26/h9-11,13-17,19,22H,1-8H2,(H,25,26). The summed E-state index contributed by atoms with van der Waals surface area (Å²) in [6.45, 7) is 0.859. The predicted molar refractivity (Wildman–Crippen MR) is 101 cm³/mol. The first-order chi connectivity index (χ1) is 13.0. The number of hydrogen-bond donors (Lipinski definition) is 2. The van der Waals surface area contributed by atoms with E-state index in [0.29, 0.717) is 11.2 Å². The van der Waals surface area contributed by atoms with Crippen LogP contribution in [0.25, 0.3) is 0 Å². The minimum atomic E-state index is -1.18. The lowest BCUT2D eigenvalue weighted by Crippen LogP contribution is -2.69. The Balaban J connectivity index is 1.51. The van der Waals surface area contributed by atoms with Crippen molar-refractivity contribution in [3.63, 3.8) is 0 Å². The fourth-order valence-corrected chi connectivity index (χ4v) is 7.70. The number of halogens is 1. The van der Waals surface area contributed by atoms with Crippen molar-refractivity contribution in [2.45, 2.75) is 79.7 Å². The molecule has 1 saturated heterocycles. The van der Waals surface area contributed by atoms with Crippen molar-refractivity contribution < 1.29 is 19.1 Å². The number of Topliss-reactive ketones (excluding diaryl/α,β-unsaturated/α-hetero) is 1. The third-order valence-electron chi connectivity index (χ3n) is 7.15. The van der Waals surface area contributed by atoms with Crippen LogP contribution < -0.4 is 5.32 Å². The van der Waals surface area contributed by atoms with E-state index in [-0.39, 0.29) is 41.2 Å². The van der Waals surface area contributed by atoms with Gasteiger partial charge in [-0.05, 0) is 44.6 Å². The van der Waals surface area contributed by atoms with Crippen LogP contribution in [0, 0.1) is 11.8 Å². The van der Waals surface area contributed by atoms with Crippen LogP contribution in [0.4, 0.5) is 4.39 Å². The second-order valence-electron chi connectivity index (χ2n) is 8.88. The van der Waals surface area contributed by atoms with Gasteiger partial charge in [0.05, 0.1) is 12.1 Å². The Bertz CT molecular complexity index is 682. The molecule has 0 spiro atoms. The summed E-state index contributed by atoms with van der Waals surface area (Å²) in [5.74, 6) is -1.40. The van der Waals surface area contributed by atoms with Crippen LogP contribution in [0.2, 0.25) is 0 Å². The van der Waals surface area contributed by atoms with Crippen LogP contribution in [0.3, 0.4) is 0 Å². The number of carboxylic acid groups (broad SMARTS) is 1. The molecule has 148 valence electrons. The molecule has 0 amide bonds. The lowest BCUT2D eigenvalue weighted by Gasteiger charge is -2.59. The number of carbonyl (C=O) groups excluding carboxylic acids is 1. The quantitative estimate of drug-likeness (QED) is 0.714. The van der Waals surface area contributed by atoms with E-state index in [1.807, 2.05) is 11.8 Å². The third-order valence-corrected chi connectivity index (χ3v) is 8.93. The largest absolute Gasteiger partial charge is 0.478 e. The highest BCUT2D eigenvalue weighted by Crippen LogP contribution is 2.51. The second kappa shape index (κ2) is 6.76. The maximum Gasteiger partial charge on any atom is 0.340 e. The molecule has 0 aromatic heterocycles. The Kier molecular flexibility index (Phi) is 4.50. The summed E-state index contributed by atoms with van der Waals surface area (Å²) >= 11 is 1.88. The van der Waals surface area contributed by atoms with Gasteiger partial charge in [0, 0.05) is 28.7 Å². The van der Waals surface area contributed by atoms with E-state index in [1.165, 1.54) is 19.3 Å². The van der Waals surface area contributed by atoms with E-state index in [4.69, 9.17) is 0 Å². The van der Waals surface area contributed by atoms with E-state index in [1.54, 1.807) is 6.20 Å². The Labute approximate surface area is 163 Å². The van der Waals surface area contributed by atoms with Gasteiger partial charge in [0.15, 0.2) is 5.78 Å². The molecule has 7 unspecified atom stereocenters. The van der Waals surface area contributed by atoms with Crippen LogP contribution in [0.15, 0.2) is 11.8 Å². The zero-order valence-corrected chi connectivity index (χ0v) is 16.2. The van der Waals surface area contributed by atoms with E-state index in [0.717, 1.165) is 25.8 Å². The number of aliphatic carboxylic acids is 1. The van der Waals surface area contributed by atoms with Crippen molar-refractivity contribution in [2.75, 3.05) is 6.54 Å². The number of alkyl halides is 1. The highest BCUT2D eigenvalue weighted by atomic mass is 32.2. The van der Waals surface area contributed by atoms with Crippen LogP contribution in [0.1, 0.15) is 44.9 Å². The normalized spacial score (nSPS) is 43.6. The summed E-state index contributed by atoms with van der Waals surface area (Å²) in [6, 6.07) is -0.0429. The molecular formula is C20H27FN2O3S. The molecule has 2 heterocycles. The highest BCUT2D eigenvalue weighted by Gasteiger charge is 2.58. The van der Waals surface area contributed by atoms with Crippen LogP contribution in [-0.4, -0.2) is 63.1 Å². The maximum absolute atomic E-state index is 15.2. The number of rotatable bonds is 4. The minimum absolute atomic E-state index is 0.00685.